The molecule has 1 N–H and O–H groups in total. The fourth-order valence-corrected chi connectivity index (χ4v) is 4.68. The van der Waals surface area contributed by atoms with Gasteiger partial charge in [0.2, 0.25) is 0 Å². The number of nitrogens with one attached hydrogen (secondary N) is 1. The molecular weight excluding hydrogens is 398 g/mol. The maximum atomic E-state index is 12.8. The van der Waals surface area contributed by atoms with Crippen LogP contribution >= 0.6 is 11.6 Å². The number of benzene rings is 1. The Bertz CT molecular complexity index is 1130. The van der Waals surface area contributed by atoms with E-state index in [2.05, 4.69) is 29.4 Å². The lowest BCUT2D eigenvalue weighted by molar-refractivity contribution is 0.305. The summed E-state index contributed by atoms with van der Waals surface area (Å²) in [6.07, 6.45) is 7.97. The molecule has 2 aliphatic heterocycles. The van der Waals surface area contributed by atoms with Crippen molar-refractivity contribution in [1.82, 2.24) is 14.8 Å². The van der Waals surface area contributed by atoms with Crippen LogP contribution in [0.1, 0.15) is 18.4 Å². The van der Waals surface area contributed by atoms with Crippen LogP contribution in [-0.2, 0) is 6.61 Å². The zero-order chi connectivity index (χ0) is 20.7. The third-order valence-corrected chi connectivity index (χ3v) is 6.42. The van der Waals surface area contributed by atoms with Gasteiger partial charge in [-0.1, -0.05) is 29.8 Å². The molecule has 0 fully saturated rings. The Morgan fingerprint density at radius 3 is 2.83 bits per heavy atom. The molecular formula is C24H24ClN3O2. The van der Waals surface area contributed by atoms with Gasteiger partial charge in [-0.05, 0) is 41.0 Å². The second kappa shape index (κ2) is 7.82. The quantitative estimate of drug-likeness (QED) is 0.815. The molecule has 0 spiro atoms. The van der Waals surface area contributed by atoms with Crippen LogP contribution in [0.3, 0.4) is 0 Å². The first-order valence-corrected chi connectivity index (χ1v) is 10.6. The van der Waals surface area contributed by atoms with Gasteiger partial charge in [0.1, 0.15) is 12.4 Å². The minimum atomic E-state index is -0.0771. The molecule has 30 heavy (non-hydrogen) atoms. The van der Waals surface area contributed by atoms with Gasteiger partial charge in [-0.3, -0.25) is 9.36 Å². The van der Waals surface area contributed by atoms with Gasteiger partial charge in [0.05, 0.1) is 6.04 Å². The van der Waals surface area contributed by atoms with E-state index >= 15 is 0 Å². The van der Waals surface area contributed by atoms with Crippen molar-refractivity contribution in [2.45, 2.75) is 25.5 Å². The van der Waals surface area contributed by atoms with Crippen LogP contribution in [0.25, 0.3) is 5.70 Å². The molecule has 0 amide bonds. The highest BCUT2D eigenvalue weighted by Gasteiger charge is 2.36. The van der Waals surface area contributed by atoms with Crippen molar-refractivity contribution in [2.24, 2.45) is 0 Å². The molecule has 6 heteroatoms. The maximum absolute atomic E-state index is 12.8. The second-order valence-corrected chi connectivity index (χ2v) is 8.39. The van der Waals surface area contributed by atoms with Gasteiger partial charge in [-0.15, -0.1) is 0 Å². The Hall–Kier alpha value is -2.76. The van der Waals surface area contributed by atoms with E-state index in [1.165, 1.54) is 16.8 Å². The van der Waals surface area contributed by atoms with Gasteiger partial charge in [0.15, 0.2) is 0 Å². The third kappa shape index (κ3) is 3.48. The zero-order valence-electron chi connectivity index (χ0n) is 16.9. The van der Waals surface area contributed by atoms with Gasteiger partial charge in [-0.2, -0.15) is 0 Å². The van der Waals surface area contributed by atoms with Gasteiger partial charge >= 0.3 is 0 Å². The topological polar surface area (TPSA) is 46.5 Å². The predicted octanol–water partition coefficient (Wildman–Crippen LogP) is 3.81. The standard InChI is InChI=1S/C24H24ClN3O2/c1-27-22-8-10-26-14-21(22)20-7-6-18(12-23(20)27)28-11-9-19(13-24(28)29)30-15-16-2-4-17(25)5-3-16/h2-7,9,11,13,23,26H,8,10,12,14-15H2,1H3. The number of pyridine rings is 1. The molecule has 5 nitrogen and oxygen atoms in total. The molecule has 1 aliphatic carbocycles. The van der Waals surface area contributed by atoms with E-state index in [4.69, 9.17) is 16.3 Å². The van der Waals surface area contributed by atoms with Crippen LogP contribution in [0.15, 0.2) is 76.4 Å². The number of hydrogen-bond acceptors (Lipinski definition) is 4. The maximum Gasteiger partial charge on any atom is 0.258 e. The summed E-state index contributed by atoms with van der Waals surface area (Å²) in [7, 11) is 2.17. The van der Waals surface area contributed by atoms with Gasteiger partial charge < -0.3 is 15.0 Å². The fraction of sp³-hybridized carbons (Fsp3) is 0.292. The highest BCUT2D eigenvalue weighted by Crippen LogP contribution is 2.40. The van der Waals surface area contributed by atoms with Gasteiger partial charge in [-0.25, -0.2) is 0 Å². The minimum Gasteiger partial charge on any atom is -0.489 e. The normalized spacial score (nSPS) is 20.5. The number of nitrogens with zero attached hydrogens (tertiary/aromatic N) is 2. The van der Waals surface area contributed by atoms with Crippen LogP contribution < -0.4 is 15.6 Å². The molecule has 1 atom stereocenters. The van der Waals surface area contributed by atoms with E-state index in [1.54, 1.807) is 10.6 Å². The number of allylic oxidation sites excluding steroid dienone is 2. The molecule has 154 valence electrons. The van der Waals surface area contributed by atoms with E-state index in [1.807, 2.05) is 36.5 Å². The highest BCUT2D eigenvalue weighted by molar-refractivity contribution is 6.30. The molecule has 3 heterocycles. The van der Waals surface area contributed by atoms with E-state index in [9.17, 15) is 4.79 Å². The van der Waals surface area contributed by atoms with Crippen molar-refractivity contribution in [1.29, 1.82) is 0 Å². The van der Waals surface area contributed by atoms with Crippen molar-refractivity contribution < 1.29 is 4.74 Å². The van der Waals surface area contributed by atoms with Crippen molar-refractivity contribution in [3.8, 4) is 5.75 Å². The lowest BCUT2D eigenvalue weighted by Gasteiger charge is -2.29. The molecule has 0 radical (unpaired) electrons. The van der Waals surface area contributed by atoms with Crippen molar-refractivity contribution in [2.75, 3.05) is 20.1 Å². The Morgan fingerprint density at radius 2 is 2.03 bits per heavy atom. The summed E-state index contributed by atoms with van der Waals surface area (Å²) in [5.41, 5.74) is 6.20. The average molecular weight is 422 g/mol. The largest absolute Gasteiger partial charge is 0.489 e. The molecule has 0 bridgehead atoms. The van der Waals surface area contributed by atoms with Crippen LogP contribution in [0, 0.1) is 0 Å². The zero-order valence-corrected chi connectivity index (χ0v) is 17.7. The lowest BCUT2D eigenvalue weighted by Crippen LogP contribution is -2.31. The van der Waals surface area contributed by atoms with Crippen molar-refractivity contribution >= 4 is 17.3 Å². The highest BCUT2D eigenvalue weighted by atomic mass is 35.5. The summed E-state index contributed by atoms with van der Waals surface area (Å²) >= 11 is 5.92. The van der Waals surface area contributed by atoms with Crippen LogP contribution in [0.2, 0.25) is 5.02 Å². The summed E-state index contributed by atoms with van der Waals surface area (Å²) in [5, 5.41) is 4.17. The van der Waals surface area contributed by atoms with Crippen molar-refractivity contribution in [3.05, 3.63) is 92.5 Å². The van der Waals surface area contributed by atoms with Crippen LogP contribution in [0.5, 0.6) is 5.75 Å². The van der Waals surface area contributed by atoms with E-state index < -0.39 is 0 Å². The monoisotopic (exact) mass is 421 g/mol. The van der Waals surface area contributed by atoms with Gasteiger partial charge in [0.25, 0.3) is 5.56 Å². The summed E-state index contributed by atoms with van der Waals surface area (Å²) in [6.45, 7) is 2.36. The number of hydrogen-bond donors (Lipinski definition) is 1. The average Bonchev–Trinajstić information content (AvgIpc) is 3.05. The Labute approximate surface area is 180 Å². The number of rotatable bonds is 4. The molecule has 0 saturated carbocycles. The number of ether oxygens (including phenoxy) is 1. The van der Waals surface area contributed by atoms with Gasteiger partial charge in [0, 0.05) is 61.7 Å². The smallest absolute Gasteiger partial charge is 0.258 e. The Balaban J connectivity index is 1.34. The number of aromatic nitrogens is 1. The fourth-order valence-electron chi connectivity index (χ4n) is 4.55. The summed E-state index contributed by atoms with van der Waals surface area (Å²) < 4.78 is 7.52. The summed E-state index contributed by atoms with van der Waals surface area (Å²) in [4.78, 5) is 15.2. The Morgan fingerprint density at radius 1 is 1.20 bits per heavy atom. The molecule has 0 saturated heterocycles. The Kier molecular flexibility index (Phi) is 5.01. The van der Waals surface area contributed by atoms with Crippen LogP contribution in [-0.4, -0.2) is 35.6 Å². The molecule has 1 aromatic heterocycles. The first-order valence-electron chi connectivity index (χ1n) is 10.3. The lowest BCUT2D eigenvalue weighted by atomic mass is 9.92. The summed E-state index contributed by atoms with van der Waals surface area (Å²) in [5.74, 6) is 0.569. The number of fused-ring (bicyclic) bond motifs is 2. The minimum absolute atomic E-state index is 0.0771. The SMILES string of the molecule is CN1C2=C(CNCC2)C2=CC=C(n3ccc(OCc4ccc(Cl)cc4)cc3=O)CC21. The number of likely N-dealkylation sites (N-methyl/N-ethyl adjacent to an activating group) is 1. The third-order valence-electron chi connectivity index (χ3n) is 6.17. The second-order valence-electron chi connectivity index (χ2n) is 7.95. The number of halogens is 1. The van der Waals surface area contributed by atoms with E-state index in [0.717, 1.165) is 37.2 Å². The first-order chi connectivity index (χ1) is 14.6. The molecule has 1 aromatic carbocycles. The molecule has 2 aromatic rings. The summed E-state index contributed by atoms with van der Waals surface area (Å²) in [6, 6.07) is 11.2. The van der Waals surface area contributed by atoms with E-state index in [0.29, 0.717) is 23.4 Å². The first kappa shape index (κ1) is 19.2. The molecule has 1 unspecified atom stereocenters. The van der Waals surface area contributed by atoms with Crippen LogP contribution in [0.4, 0.5) is 0 Å². The molecule has 5 rings (SSSR count). The molecule has 3 aliphatic rings. The van der Waals surface area contributed by atoms with Crippen molar-refractivity contribution in [3.63, 3.8) is 0 Å². The predicted molar refractivity (Wildman–Crippen MR) is 120 cm³/mol. The van der Waals surface area contributed by atoms with E-state index in [-0.39, 0.29) is 5.56 Å².